The van der Waals surface area contributed by atoms with E-state index in [0.29, 0.717) is 31.6 Å². The van der Waals surface area contributed by atoms with E-state index < -0.39 is 10.0 Å². The molecule has 2 aliphatic heterocycles. The number of nitrogens with zero attached hydrogens (tertiary/aromatic N) is 3. The van der Waals surface area contributed by atoms with E-state index in [1.807, 2.05) is 4.90 Å². The SMILES string of the molecule is CS(=O)(=O)N1CCc2c(cncc2C(=O)N2CCC(CO)CC2)C1. The molecule has 8 heteroatoms. The molecule has 132 valence electrons. The van der Waals surface area contributed by atoms with E-state index in [-0.39, 0.29) is 25.0 Å². The molecule has 7 nitrogen and oxygen atoms in total. The van der Waals surface area contributed by atoms with Crippen molar-refractivity contribution in [1.82, 2.24) is 14.2 Å². The number of carbonyl (C=O) groups excluding carboxylic acids is 1. The second-order valence-electron chi connectivity index (χ2n) is 6.59. The standard InChI is InChI=1S/C16H23N3O4S/c1-24(22,23)19-7-4-14-13(10-19)8-17-9-15(14)16(21)18-5-2-12(11-20)3-6-18/h8-9,12,20H,2-7,10-11H2,1H3. The van der Waals surface area contributed by atoms with Gasteiger partial charge in [0.05, 0.1) is 11.8 Å². The van der Waals surface area contributed by atoms with Gasteiger partial charge in [-0.05, 0) is 36.3 Å². The molecule has 1 saturated heterocycles. The van der Waals surface area contributed by atoms with Crippen LogP contribution in [0.1, 0.15) is 34.3 Å². The van der Waals surface area contributed by atoms with Gasteiger partial charge in [-0.15, -0.1) is 0 Å². The summed E-state index contributed by atoms with van der Waals surface area (Å²) >= 11 is 0. The second-order valence-corrected chi connectivity index (χ2v) is 8.57. The van der Waals surface area contributed by atoms with Crippen LogP contribution in [0.5, 0.6) is 0 Å². The average molecular weight is 353 g/mol. The van der Waals surface area contributed by atoms with Gasteiger partial charge in [0, 0.05) is 45.2 Å². The van der Waals surface area contributed by atoms with Crippen LogP contribution >= 0.6 is 0 Å². The molecule has 1 N–H and O–H groups in total. The molecule has 2 aliphatic rings. The number of piperidine rings is 1. The van der Waals surface area contributed by atoms with Crippen LogP contribution in [0, 0.1) is 5.92 Å². The third-order valence-corrected chi connectivity index (χ3v) is 6.21. The van der Waals surface area contributed by atoms with Gasteiger partial charge in [-0.2, -0.15) is 4.31 Å². The van der Waals surface area contributed by atoms with Crippen molar-refractivity contribution in [3.8, 4) is 0 Å². The Balaban J connectivity index is 1.80. The molecule has 0 bridgehead atoms. The fourth-order valence-electron chi connectivity index (χ4n) is 3.42. The number of amides is 1. The van der Waals surface area contributed by atoms with Gasteiger partial charge in [0.1, 0.15) is 0 Å². The minimum Gasteiger partial charge on any atom is -0.396 e. The van der Waals surface area contributed by atoms with Gasteiger partial charge < -0.3 is 10.0 Å². The number of hydrogen-bond acceptors (Lipinski definition) is 5. The smallest absolute Gasteiger partial charge is 0.255 e. The number of pyridine rings is 1. The Labute approximate surface area is 142 Å². The molecular formula is C16H23N3O4S. The number of likely N-dealkylation sites (tertiary alicyclic amines) is 1. The van der Waals surface area contributed by atoms with Crippen LogP contribution in [0.4, 0.5) is 0 Å². The lowest BCUT2D eigenvalue weighted by Crippen LogP contribution is -2.41. The highest BCUT2D eigenvalue weighted by atomic mass is 32.2. The van der Waals surface area contributed by atoms with Gasteiger partial charge in [-0.25, -0.2) is 8.42 Å². The molecule has 1 amide bonds. The lowest BCUT2D eigenvalue weighted by Gasteiger charge is -2.33. The predicted octanol–water partition coefficient (Wildman–Crippen LogP) is 0.244. The molecule has 0 aromatic carbocycles. The summed E-state index contributed by atoms with van der Waals surface area (Å²) < 4.78 is 24.9. The Bertz CT molecular complexity index is 727. The van der Waals surface area contributed by atoms with Crippen LogP contribution in [0.3, 0.4) is 0 Å². The van der Waals surface area contributed by atoms with E-state index in [0.717, 1.165) is 24.0 Å². The van der Waals surface area contributed by atoms with E-state index in [1.54, 1.807) is 12.4 Å². The first-order valence-corrected chi connectivity index (χ1v) is 10.1. The Kier molecular flexibility index (Phi) is 4.89. The molecule has 0 atom stereocenters. The largest absolute Gasteiger partial charge is 0.396 e. The van der Waals surface area contributed by atoms with Crippen molar-refractivity contribution in [3.63, 3.8) is 0 Å². The van der Waals surface area contributed by atoms with Crippen LogP contribution in [0.2, 0.25) is 0 Å². The Hall–Kier alpha value is -1.51. The molecule has 3 rings (SSSR count). The third-order valence-electron chi connectivity index (χ3n) is 4.96. The number of carbonyl (C=O) groups is 1. The molecule has 0 aliphatic carbocycles. The van der Waals surface area contributed by atoms with Gasteiger partial charge in [0.2, 0.25) is 10.0 Å². The van der Waals surface area contributed by atoms with Crippen LogP contribution in [0.15, 0.2) is 12.4 Å². The first kappa shape index (κ1) is 17.3. The Morgan fingerprint density at radius 3 is 2.62 bits per heavy atom. The summed E-state index contributed by atoms with van der Waals surface area (Å²) in [5.41, 5.74) is 2.31. The number of aliphatic hydroxyl groups is 1. The van der Waals surface area contributed by atoms with Crippen LogP contribution in [-0.2, 0) is 23.0 Å². The lowest BCUT2D eigenvalue weighted by molar-refractivity contribution is 0.0649. The quantitative estimate of drug-likeness (QED) is 0.841. The molecule has 0 saturated carbocycles. The molecule has 0 radical (unpaired) electrons. The molecule has 0 unspecified atom stereocenters. The number of sulfonamides is 1. The highest BCUT2D eigenvalue weighted by Crippen LogP contribution is 2.25. The normalized spacial score (nSPS) is 20.0. The summed E-state index contributed by atoms with van der Waals surface area (Å²) in [5, 5.41) is 9.21. The van der Waals surface area contributed by atoms with Crippen LogP contribution in [-0.4, -0.2) is 66.1 Å². The maximum Gasteiger partial charge on any atom is 0.255 e. The zero-order chi connectivity index (χ0) is 17.3. The molecule has 24 heavy (non-hydrogen) atoms. The third kappa shape index (κ3) is 3.45. The molecule has 1 aromatic rings. The van der Waals surface area contributed by atoms with Crippen molar-refractivity contribution in [2.75, 3.05) is 32.5 Å². The first-order chi connectivity index (χ1) is 11.4. The Morgan fingerprint density at radius 1 is 1.29 bits per heavy atom. The summed E-state index contributed by atoms with van der Waals surface area (Å²) in [6.07, 6.45) is 6.60. The zero-order valence-corrected chi connectivity index (χ0v) is 14.6. The first-order valence-electron chi connectivity index (χ1n) is 8.21. The predicted molar refractivity (Wildman–Crippen MR) is 88.9 cm³/mol. The number of rotatable bonds is 3. The van der Waals surface area contributed by atoms with E-state index >= 15 is 0 Å². The monoisotopic (exact) mass is 353 g/mol. The van der Waals surface area contributed by atoms with Crippen molar-refractivity contribution < 1.29 is 18.3 Å². The summed E-state index contributed by atoms with van der Waals surface area (Å²) in [6.45, 7) is 2.12. The van der Waals surface area contributed by atoms with Crippen LogP contribution < -0.4 is 0 Å². The van der Waals surface area contributed by atoms with Crippen molar-refractivity contribution in [1.29, 1.82) is 0 Å². The summed E-state index contributed by atoms with van der Waals surface area (Å²) in [7, 11) is -3.24. The highest BCUT2D eigenvalue weighted by Gasteiger charge is 2.29. The number of aromatic nitrogens is 1. The fourth-order valence-corrected chi connectivity index (χ4v) is 4.22. The van der Waals surface area contributed by atoms with Gasteiger partial charge in [-0.1, -0.05) is 0 Å². The van der Waals surface area contributed by atoms with E-state index in [1.165, 1.54) is 10.6 Å². The lowest BCUT2D eigenvalue weighted by atomic mass is 9.95. The molecule has 1 aromatic heterocycles. The molecule has 1 fully saturated rings. The van der Waals surface area contributed by atoms with Gasteiger partial charge in [0.25, 0.3) is 5.91 Å². The average Bonchev–Trinajstić information content (AvgIpc) is 2.59. The summed E-state index contributed by atoms with van der Waals surface area (Å²) in [6, 6.07) is 0. The van der Waals surface area contributed by atoms with Gasteiger partial charge in [-0.3, -0.25) is 9.78 Å². The molecular weight excluding hydrogens is 330 g/mol. The summed E-state index contributed by atoms with van der Waals surface area (Å²) in [5.74, 6) is 0.240. The number of fused-ring (bicyclic) bond motifs is 1. The number of aliphatic hydroxyl groups excluding tert-OH is 1. The van der Waals surface area contributed by atoms with Crippen molar-refractivity contribution in [3.05, 3.63) is 29.1 Å². The second kappa shape index (κ2) is 6.78. The van der Waals surface area contributed by atoms with Crippen molar-refractivity contribution in [2.24, 2.45) is 5.92 Å². The minimum absolute atomic E-state index is 0.0384. The highest BCUT2D eigenvalue weighted by molar-refractivity contribution is 7.88. The van der Waals surface area contributed by atoms with Crippen LogP contribution in [0.25, 0.3) is 0 Å². The van der Waals surface area contributed by atoms with Gasteiger partial charge >= 0.3 is 0 Å². The summed E-state index contributed by atoms with van der Waals surface area (Å²) in [4.78, 5) is 18.8. The topological polar surface area (TPSA) is 90.8 Å². The zero-order valence-electron chi connectivity index (χ0n) is 13.8. The number of hydrogen-bond donors (Lipinski definition) is 1. The van der Waals surface area contributed by atoms with Gasteiger partial charge in [0.15, 0.2) is 0 Å². The Morgan fingerprint density at radius 2 is 2.00 bits per heavy atom. The van der Waals surface area contributed by atoms with Crippen molar-refractivity contribution >= 4 is 15.9 Å². The fraction of sp³-hybridized carbons (Fsp3) is 0.625. The van der Waals surface area contributed by atoms with E-state index in [4.69, 9.17) is 0 Å². The molecule has 0 spiro atoms. The maximum atomic E-state index is 12.8. The minimum atomic E-state index is -3.24. The van der Waals surface area contributed by atoms with Crippen molar-refractivity contribution in [2.45, 2.75) is 25.8 Å². The maximum absolute atomic E-state index is 12.8. The van der Waals surface area contributed by atoms with E-state index in [2.05, 4.69) is 4.98 Å². The molecule has 3 heterocycles. The van der Waals surface area contributed by atoms with E-state index in [9.17, 15) is 18.3 Å².